The molecule has 1 aromatic rings. The molecular weight excluding hydrogens is 303 g/mol. The van der Waals surface area contributed by atoms with Gasteiger partial charge in [-0.15, -0.1) is 11.6 Å². The van der Waals surface area contributed by atoms with Gasteiger partial charge in [-0.2, -0.15) is 13.2 Å². The van der Waals surface area contributed by atoms with Crippen molar-refractivity contribution in [3.8, 4) is 0 Å². The number of hydrogen-bond acceptors (Lipinski definition) is 2. The van der Waals surface area contributed by atoms with Gasteiger partial charge in [-0.25, -0.2) is 13.1 Å². The van der Waals surface area contributed by atoms with Gasteiger partial charge in [0.25, 0.3) is 0 Å². The number of halogens is 4. The lowest BCUT2D eigenvalue weighted by atomic mass is 10.1. The summed E-state index contributed by atoms with van der Waals surface area (Å²) in [6.07, 6.45) is -4.07. The third-order valence-corrected chi connectivity index (χ3v) is 4.00. The number of alkyl halides is 4. The van der Waals surface area contributed by atoms with Crippen molar-refractivity contribution >= 4 is 21.6 Å². The number of sulfonamides is 1. The van der Waals surface area contributed by atoms with Crippen molar-refractivity contribution in [2.45, 2.75) is 19.1 Å². The van der Waals surface area contributed by atoms with Crippen molar-refractivity contribution in [3.05, 3.63) is 35.4 Å². The Labute approximate surface area is 114 Å². The van der Waals surface area contributed by atoms with Crippen LogP contribution in [0.5, 0.6) is 0 Å². The van der Waals surface area contributed by atoms with Crippen LogP contribution in [0.25, 0.3) is 0 Å². The number of rotatable bonds is 6. The van der Waals surface area contributed by atoms with Gasteiger partial charge >= 0.3 is 6.18 Å². The molecule has 1 rings (SSSR count). The van der Waals surface area contributed by atoms with Gasteiger partial charge in [0.05, 0.1) is 11.3 Å². The highest BCUT2D eigenvalue weighted by molar-refractivity contribution is 7.89. The molecule has 0 heterocycles. The van der Waals surface area contributed by atoms with E-state index in [0.717, 1.165) is 12.1 Å². The van der Waals surface area contributed by atoms with Crippen molar-refractivity contribution in [1.29, 1.82) is 0 Å². The SMILES string of the molecule is O=S(=O)(CCCCl)NCc1ccc(C(F)(F)F)cc1. The molecule has 0 spiro atoms. The van der Waals surface area contributed by atoms with Gasteiger partial charge in [0.15, 0.2) is 0 Å². The van der Waals surface area contributed by atoms with E-state index in [-0.39, 0.29) is 18.2 Å². The maximum atomic E-state index is 12.3. The van der Waals surface area contributed by atoms with Crippen LogP contribution in [0.2, 0.25) is 0 Å². The molecular formula is C11H13ClF3NO2S. The van der Waals surface area contributed by atoms with Gasteiger partial charge in [0, 0.05) is 12.4 Å². The van der Waals surface area contributed by atoms with Crippen molar-refractivity contribution in [2.75, 3.05) is 11.6 Å². The summed E-state index contributed by atoms with van der Waals surface area (Å²) in [6.45, 7) is -0.0389. The number of hydrogen-bond donors (Lipinski definition) is 1. The molecule has 0 bridgehead atoms. The Morgan fingerprint density at radius 2 is 1.74 bits per heavy atom. The molecule has 0 radical (unpaired) electrons. The lowest BCUT2D eigenvalue weighted by molar-refractivity contribution is -0.137. The molecule has 3 nitrogen and oxygen atoms in total. The minimum atomic E-state index is -4.39. The topological polar surface area (TPSA) is 46.2 Å². The van der Waals surface area contributed by atoms with Crippen LogP contribution in [0.1, 0.15) is 17.5 Å². The summed E-state index contributed by atoms with van der Waals surface area (Å²) in [4.78, 5) is 0. The van der Waals surface area contributed by atoms with Crippen molar-refractivity contribution in [3.63, 3.8) is 0 Å². The minimum absolute atomic E-state index is 0.0389. The van der Waals surface area contributed by atoms with E-state index in [2.05, 4.69) is 4.72 Å². The Bertz CT molecular complexity index is 500. The van der Waals surface area contributed by atoms with E-state index in [1.54, 1.807) is 0 Å². The molecule has 8 heteroatoms. The minimum Gasteiger partial charge on any atom is -0.212 e. The van der Waals surface area contributed by atoms with E-state index >= 15 is 0 Å². The molecule has 0 amide bonds. The predicted molar refractivity (Wildman–Crippen MR) is 67.4 cm³/mol. The highest BCUT2D eigenvalue weighted by Gasteiger charge is 2.29. The van der Waals surface area contributed by atoms with Gasteiger partial charge < -0.3 is 0 Å². The molecule has 0 saturated heterocycles. The third-order valence-electron chi connectivity index (χ3n) is 2.32. The van der Waals surface area contributed by atoms with Gasteiger partial charge in [-0.1, -0.05) is 12.1 Å². The zero-order valence-corrected chi connectivity index (χ0v) is 11.4. The van der Waals surface area contributed by atoms with E-state index in [4.69, 9.17) is 11.6 Å². The highest BCUT2D eigenvalue weighted by Crippen LogP contribution is 2.29. The average Bonchev–Trinajstić information content (AvgIpc) is 2.34. The van der Waals surface area contributed by atoms with E-state index in [0.29, 0.717) is 12.0 Å². The Balaban J connectivity index is 2.60. The van der Waals surface area contributed by atoms with E-state index in [9.17, 15) is 21.6 Å². The Kier molecular flexibility index (Phi) is 5.64. The lowest BCUT2D eigenvalue weighted by Gasteiger charge is -2.09. The molecule has 0 aliphatic rings. The molecule has 0 aromatic heterocycles. The second-order valence-electron chi connectivity index (χ2n) is 3.88. The third kappa shape index (κ3) is 5.80. The fourth-order valence-corrected chi connectivity index (χ4v) is 2.67. The van der Waals surface area contributed by atoms with Crippen LogP contribution in [0.3, 0.4) is 0 Å². The van der Waals surface area contributed by atoms with Gasteiger partial charge in [0.1, 0.15) is 0 Å². The largest absolute Gasteiger partial charge is 0.416 e. The Hall–Kier alpha value is -0.790. The number of benzene rings is 1. The standard InChI is InChI=1S/C11H13ClF3NO2S/c12-6-1-7-19(17,18)16-8-9-2-4-10(5-3-9)11(13,14)15/h2-5,16H,1,6-8H2. The van der Waals surface area contributed by atoms with Crippen LogP contribution in [0, 0.1) is 0 Å². The first kappa shape index (κ1) is 16.3. The van der Waals surface area contributed by atoms with E-state index in [1.165, 1.54) is 12.1 Å². The highest BCUT2D eigenvalue weighted by atomic mass is 35.5. The van der Waals surface area contributed by atoms with Gasteiger partial charge in [0.2, 0.25) is 10.0 Å². The van der Waals surface area contributed by atoms with E-state index < -0.39 is 21.8 Å². The Morgan fingerprint density at radius 1 is 1.16 bits per heavy atom. The van der Waals surface area contributed by atoms with Crippen LogP contribution in [0.4, 0.5) is 13.2 Å². The lowest BCUT2D eigenvalue weighted by Crippen LogP contribution is -2.26. The number of nitrogens with one attached hydrogen (secondary N) is 1. The fraction of sp³-hybridized carbons (Fsp3) is 0.455. The molecule has 0 atom stereocenters. The van der Waals surface area contributed by atoms with Gasteiger partial charge in [-0.3, -0.25) is 0 Å². The van der Waals surface area contributed by atoms with Crippen LogP contribution in [-0.4, -0.2) is 20.1 Å². The summed E-state index contributed by atoms with van der Waals surface area (Å²) in [5.74, 6) is 0.137. The normalized spacial score (nSPS) is 12.6. The van der Waals surface area contributed by atoms with Crippen molar-refractivity contribution < 1.29 is 21.6 Å². The molecule has 0 saturated carbocycles. The summed E-state index contributed by atoms with van der Waals surface area (Å²) < 4.78 is 62.1. The van der Waals surface area contributed by atoms with Crippen molar-refractivity contribution in [1.82, 2.24) is 4.72 Å². The van der Waals surface area contributed by atoms with Crippen molar-refractivity contribution in [2.24, 2.45) is 0 Å². The average molecular weight is 316 g/mol. The molecule has 0 unspecified atom stereocenters. The van der Waals surface area contributed by atoms with E-state index in [1.807, 2.05) is 0 Å². The quantitative estimate of drug-likeness (QED) is 0.821. The molecule has 1 aromatic carbocycles. The summed E-state index contributed by atoms with van der Waals surface area (Å²) in [6, 6.07) is 4.32. The summed E-state index contributed by atoms with van der Waals surface area (Å²) >= 11 is 5.39. The van der Waals surface area contributed by atoms with Crippen LogP contribution in [0.15, 0.2) is 24.3 Å². The second-order valence-corrected chi connectivity index (χ2v) is 6.18. The summed E-state index contributed by atoms with van der Waals surface area (Å²) in [7, 11) is -3.44. The summed E-state index contributed by atoms with van der Waals surface area (Å²) in [5.41, 5.74) is -0.302. The maximum Gasteiger partial charge on any atom is 0.416 e. The first-order chi connectivity index (χ1) is 8.74. The first-order valence-electron chi connectivity index (χ1n) is 5.44. The molecule has 19 heavy (non-hydrogen) atoms. The maximum absolute atomic E-state index is 12.3. The fourth-order valence-electron chi connectivity index (χ4n) is 1.32. The summed E-state index contributed by atoms with van der Waals surface area (Å²) in [5, 5.41) is 0. The van der Waals surface area contributed by atoms with Crippen LogP contribution < -0.4 is 4.72 Å². The molecule has 0 aliphatic carbocycles. The zero-order chi connectivity index (χ0) is 14.5. The molecule has 0 fully saturated rings. The second kappa shape index (κ2) is 6.58. The monoisotopic (exact) mass is 315 g/mol. The Morgan fingerprint density at radius 3 is 2.21 bits per heavy atom. The molecule has 1 N–H and O–H groups in total. The molecule has 0 aliphatic heterocycles. The predicted octanol–water partition coefficient (Wildman–Crippen LogP) is 2.75. The van der Waals surface area contributed by atoms with Crippen LogP contribution in [-0.2, 0) is 22.7 Å². The molecule has 108 valence electrons. The smallest absolute Gasteiger partial charge is 0.212 e. The van der Waals surface area contributed by atoms with Crippen LogP contribution >= 0.6 is 11.6 Å². The first-order valence-corrected chi connectivity index (χ1v) is 7.63. The van der Waals surface area contributed by atoms with Gasteiger partial charge in [-0.05, 0) is 24.1 Å². The zero-order valence-electron chi connectivity index (χ0n) is 9.87.